The van der Waals surface area contributed by atoms with E-state index in [2.05, 4.69) is 15.9 Å². The van der Waals surface area contributed by atoms with E-state index >= 15 is 0 Å². The van der Waals surface area contributed by atoms with Gasteiger partial charge in [0.2, 0.25) is 0 Å². The van der Waals surface area contributed by atoms with Gasteiger partial charge in [0, 0.05) is 21.5 Å². The van der Waals surface area contributed by atoms with Gasteiger partial charge < -0.3 is 4.57 Å². The Morgan fingerprint density at radius 3 is 2.47 bits per heavy atom. The van der Waals surface area contributed by atoms with Crippen molar-refractivity contribution in [2.45, 2.75) is 13.8 Å². The van der Waals surface area contributed by atoms with E-state index in [4.69, 9.17) is 0 Å². The normalized spacial score (nSPS) is 10.7. The van der Waals surface area contributed by atoms with Crippen LogP contribution in [0, 0.1) is 19.7 Å². The number of aromatic nitrogens is 1. The molecule has 0 bridgehead atoms. The van der Waals surface area contributed by atoms with Crippen molar-refractivity contribution in [3.8, 4) is 5.69 Å². The van der Waals surface area contributed by atoms with Crippen LogP contribution in [0.5, 0.6) is 0 Å². The van der Waals surface area contributed by atoms with Crippen molar-refractivity contribution in [2.75, 3.05) is 0 Å². The standard InChI is InChI=1S/C12H11BrFN/c1-8-6-12(13)9(2)15(8)11-5-3-4-10(14)7-11/h3-7H,1-2H3. The molecule has 78 valence electrons. The van der Waals surface area contributed by atoms with Crippen LogP contribution in [0.15, 0.2) is 34.8 Å². The second kappa shape index (κ2) is 3.81. The van der Waals surface area contributed by atoms with E-state index in [9.17, 15) is 4.39 Å². The molecule has 15 heavy (non-hydrogen) atoms. The third-order valence-electron chi connectivity index (χ3n) is 2.44. The van der Waals surface area contributed by atoms with Gasteiger partial charge in [-0.3, -0.25) is 0 Å². The summed E-state index contributed by atoms with van der Waals surface area (Å²) >= 11 is 3.47. The molecule has 1 heterocycles. The molecular weight excluding hydrogens is 257 g/mol. The van der Waals surface area contributed by atoms with Gasteiger partial charge >= 0.3 is 0 Å². The number of hydrogen-bond donors (Lipinski definition) is 0. The van der Waals surface area contributed by atoms with E-state index in [-0.39, 0.29) is 5.82 Å². The summed E-state index contributed by atoms with van der Waals surface area (Å²) in [5.41, 5.74) is 3.03. The van der Waals surface area contributed by atoms with Gasteiger partial charge in [0.05, 0.1) is 0 Å². The zero-order valence-electron chi connectivity index (χ0n) is 8.59. The van der Waals surface area contributed by atoms with Crippen LogP contribution in [0.3, 0.4) is 0 Å². The van der Waals surface area contributed by atoms with Crippen molar-refractivity contribution in [1.29, 1.82) is 0 Å². The topological polar surface area (TPSA) is 4.93 Å². The van der Waals surface area contributed by atoms with Crippen molar-refractivity contribution in [3.05, 3.63) is 52.0 Å². The number of halogens is 2. The van der Waals surface area contributed by atoms with E-state index in [0.29, 0.717) is 0 Å². The molecule has 2 rings (SSSR count). The summed E-state index contributed by atoms with van der Waals surface area (Å²) in [7, 11) is 0. The van der Waals surface area contributed by atoms with Crippen LogP contribution in [-0.2, 0) is 0 Å². The van der Waals surface area contributed by atoms with Gasteiger partial charge in [0.15, 0.2) is 0 Å². The molecular formula is C12H11BrFN. The summed E-state index contributed by atoms with van der Waals surface area (Å²) in [6, 6.07) is 8.63. The number of benzene rings is 1. The Balaban J connectivity index is 2.63. The molecule has 0 unspecified atom stereocenters. The molecule has 3 heteroatoms. The fourth-order valence-electron chi connectivity index (χ4n) is 1.74. The quantitative estimate of drug-likeness (QED) is 0.736. The average Bonchev–Trinajstić information content (AvgIpc) is 2.41. The highest BCUT2D eigenvalue weighted by atomic mass is 79.9. The smallest absolute Gasteiger partial charge is 0.125 e. The molecule has 0 N–H and O–H groups in total. The van der Waals surface area contributed by atoms with Crippen LogP contribution in [-0.4, -0.2) is 4.57 Å². The van der Waals surface area contributed by atoms with Crippen LogP contribution in [0.1, 0.15) is 11.4 Å². The lowest BCUT2D eigenvalue weighted by Crippen LogP contribution is -1.98. The van der Waals surface area contributed by atoms with Crippen LogP contribution < -0.4 is 0 Å². The van der Waals surface area contributed by atoms with Gasteiger partial charge in [-0.25, -0.2) is 4.39 Å². The highest BCUT2D eigenvalue weighted by Crippen LogP contribution is 2.24. The molecule has 0 saturated carbocycles. The first-order valence-electron chi connectivity index (χ1n) is 4.70. The lowest BCUT2D eigenvalue weighted by molar-refractivity contribution is 0.626. The predicted octanol–water partition coefficient (Wildman–Crippen LogP) is 4.00. The Hall–Kier alpha value is -1.09. The van der Waals surface area contributed by atoms with Gasteiger partial charge in [-0.05, 0) is 54.0 Å². The first kappa shape index (κ1) is 10.4. The Morgan fingerprint density at radius 1 is 1.20 bits per heavy atom. The molecule has 0 amide bonds. The lowest BCUT2D eigenvalue weighted by atomic mass is 10.3. The number of hydrogen-bond acceptors (Lipinski definition) is 0. The Morgan fingerprint density at radius 2 is 1.93 bits per heavy atom. The minimum atomic E-state index is -0.212. The fourth-order valence-corrected chi connectivity index (χ4v) is 2.24. The molecule has 0 fully saturated rings. The van der Waals surface area contributed by atoms with Crippen molar-refractivity contribution >= 4 is 15.9 Å². The van der Waals surface area contributed by atoms with Crippen molar-refractivity contribution in [3.63, 3.8) is 0 Å². The summed E-state index contributed by atoms with van der Waals surface area (Å²) in [5.74, 6) is -0.212. The van der Waals surface area contributed by atoms with Crippen LogP contribution in [0.2, 0.25) is 0 Å². The number of aryl methyl sites for hydroxylation is 1. The van der Waals surface area contributed by atoms with E-state index in [0.717, 1.165) is 21.5 Å². The zero-order valence-corrected chi connectivity index (χ0v) is 10.2. The molecule has 0 aliphatic rings. The van der Waals surface area contributed by atoms with Crippen LogP contribution in [0.4, 0.5) is 4.39 Å². The molecule has 0 spiro atoms. The Kier molecular flexibility index (Phi) is 2.65. The van der Waals surface area contributed by atoms with Gasteiger partial charge in [-0.1, -0.05) is 6.07 Å². The molecule has 0 aliphatic heterocycles. The molecule has 0 saturated heterocycles. The maximum atomic E-state index is 13.1. The number of nitrogens with zero attached hydrogens (tertiary/aromatic N) is 1. The molecule has 0 radical (unpaired) electrons. The first-order valence-corrected chi connectivity index (χ1v) is 5.49. The third-order valence-corrected chi connectivity index (χ3v) is 3.24. The zero-order chi connectivity index (χ0) is 11.0. The fraction of sp³-hybridized carbons (Fsp3) is 0.167. The molecule has 1 aromatic heterocycles. The maximum absolute atomic E-state index is 13.1. The maximum Gasteiger partial charge on any atom is 0.125 e. The molecule has 1 nitrogen and oxygen atoms in total. The average molecular weight is 268 g/mol. The van der Waals surface area contributed by atoms with Crippen molar-refractivity contribution in [2.24, 2.45) is 0 Å². The summed E-state index contributed by atoms with van der Waals surface area (Å²) in [6.45, 7) is 4.00. The Labute approximate surface area is 96.7 Å². The molecule has 2 aromatic rings. The van der Waals surface area contributed by atoms with Crippen molar-refractivity contribution < 1.29 is 4.39 Å². The van der Waals surface area contributed by atoms with Gasteiger partial charge in [-0.15, -0.1) is 0 Å². The van der Waals surface area contributed by atoms with Gasteiger partial charge in [0.25, 0.3) is 0 Å². The summed E-state index contributed by atoms with van der Waals surface area (Å²) in [5, 5.41) is 0. The largest absolute Gasteiger partial charge is 0.317 e. The summed E-state index contributed by atoms with van der Waals surface area (Å²) in [4.78, 5) is 0. The third kappa shape index (κ3) is 1.84. The summed E-state index contributed by atoms with van der Waals surface area (Å²) < 4.78 is 16.2. The van der Waals surface area contributed by atoms with Crippen LogP contribution >= 0.6 is 15.9 Å². The lowest BCUT2D eigenvalue weighted by Gasteiger charge is -2.09. The second-order valence-electron chi connectivity index (χ2n) is 3.53. The summed E-state index contributed by atoms with van der Waals surface area (Å²) in [6.07, 6.45) is 0. The van der Waals surface area contributed by atoms with Gasteiger partial charge in [0.1, 0.15) is 5.82 Å². The van der Waals surface area contributed by atoms with E-state index in [1.165, 1.54) is 12.1 Å². The van der Waals surface area contributed by atoms with E-state index in [1.807, 2.05) is 30.5 Å². The predicted molar refractivity (Wildman–Crippen MR) is 62.9 cm³/mol. The highest BCUT2D eigenvalue weighted by Gasteiger charge is 2.08. The van der Waals surface area contributed by atoms with Crippen LogP contribution in [0.25, 0.3) is 5.69 Å². The van der Waals surface area contributed by atoms with Crippen molar-refractivity contribution in [1.82, 2.24) is 4.57 Å². The molecule has 1 aromatic carbocycles. The Bertz CT molecular complexity index is 502. The van der Waals surface area contributed by atoms with E-state index < -0.39 is 0 Å². The molecule has 0 aliphatic carbocycles. The number of rotatable bonds is 1. The second-order valence-corrected chi connectivity index (χ2v) is 4.39. The minimum absolute atomic E-state index is 0.212. The first-order chi connectivity index (χ1) is 7.09. The van der Waals surface area contributed by atoms with E-state index in [1.54, 1.807) is 6.07 Å². The highest BCUT2D eigenvalue weighted by molar-refractivity contribution is 9.10. The monoisotopic (exact) mass is 267 g/mol. The SMILES string of the molecule is Cc1cc(Br)c(C)n1-c1cccc(F)c1. The van der Waals surface area contributed by atoms with Gasteiger partial charge in [-0.2, -0.15) is 0 Å². The minimum Gasteiger partial charge on any atom is -0.317 e. The molecule has 0 atom stereocenters.